The quantitative estimate of drug-likeness (QED) is 0.259. The van der Waals surface area contributed by atoms with Crippen LogP contribution in [0.15, 0.2) is 8.68 Å². The van der Waals surface area contributed by atoms with Crippen LogP contribution in [-0.4, -0.2) is 45.3 Å². The van der Waals surface area contributed by atoms with Gasteiger partial charge in [0.2, 0.25) is 11.8 Å². The second-order valence-electron chi connectivity index (χ2n) is 8.36. The number of thiophene rings is 2. The van der Waals surface area contributed by atoms with Gasteiger partial charge in [-0.15, -0.1) is 32.9 Å². The number of anilines is 2. The van der Waals surface area contributed by atoms with Crippen LogP contribution in [0.5, 0.6) is 0 Å². The lowest BCUT2D eigenvalue weighted by molar-refractivity contribution is -0.114. The fourth-order valence-corrected chi connectivity index (χ4v) is 9.64. The molecular weight excluding hydrogens is 573 g/mol. The molecule has 0 atom stereocenters. The van der Waals surface area contributed by atoms with E-state index in [9.17, 15) is 19.2 Å². The summed E-state index contributed by atoms with van der Waals surface area (Å²) in [6.45, 7) is 0. The standard InChI is InChI=1S/C22H22N6O4S5/c23-17(31)15-9-3-1-5-11(9)35-19(15)25-13(29)7-33-21-27-28-22(37-21)34-8-14(30)26-20-16(18(24)32)10-4-2-6-12(10)36-20/h1-8H2,(H2,23,31)(H2,24,32)(H,25,29)(H,26,30). The second-order valence-corrected chi connectivity index (χ2v) is 14.0. The Kier molecular flexibility index (Phi) is 7.85. The maximum absolute atomic E-state index is 12.5. The van der Waals surface area contributed by atoms with Crippen LogP contribution in [0, 0.1) is 0 Å². The molecule has 0 saturated heterocycles. The molecular formula is C22H22N6O4S5. The van der Waals surface area contributed by atoms with Gasteiger partial charge in [0.25, 0.3) is 11.8 Å². The molecule has 2 aliphatic carbocycles. The molecule has 4 amide bonds. The topological polar surface area (TPSA) is 170 Å². The van der Waals surface area contributed by atoms with Gasteiger partial charge in [0.15, 0.2) is 8.68 Å². The average molecular weight is 595 g/mol. The van der Waals surface area contributed by atoms with Crippen molar-refractivity contribution in [2.75, 3.05) is 22.1 Å². The summed E-state index contributed by atoms with van der Waals surface area (Å²) in [6.07, 6.45) is 5.40. The number of nitrogens with two attached hydrogens (primary N) is 2. The van der Waals surface area contributed by atoms with Gasteiger partial charge in [0, 0.05) is 9.75 Å². The van der Waals surface area contributed by atoms with E-state index in [0.717, 1.165) is 59.4 Å². The van der Waals surface area contributed by atoms with Crippen molar-refractivity contribution in [3.63, 3.8) is 0 Å². The van der Waals surface area contributed by atoms with E-state index >= 15 is 0 Å². The molecule has 194 valence electrons. The molecule has 0 aromatic carbocycles. The number of nitrogens with zero attached hydrogens (tertiary/aromatic N) is 2. The zero-order valence-electron chi connectivity index (χ0n) is 19.4. The number of primary amides is 2. The van der Waals surface area contributed by atoms with E-state index in [1.54, 1.807) is 0 Å². The number of fused-ring (bicyclic) bond motifs is 2. The van der Waals surface area contributed by atoms with Crippen LogP contribution in [0.1, 0.15) is 54.4 Å². The predicted octanol–water partition coefficient (Wildman–Crippen LogP) is 3.30. The molecule has 5 rings (SSSR count). The third-order valence-electron chi connectivity index (χ3n) is 5.88. The van der Waals surface area contributed by atoms with Gasteiger partial charge in [-0.2, -0.15) is 0 Å². The minimum atomic E-state index is -0.522. The molecule has 0 radical (unpaired) electrons. The number of carbonyl (C=O) groups excluding carboxylic acids is 4. The molecule has 15 heteroatoms. The van der Waals surface area contributed by atoms with Crippen LogP contribution in [0.25, 0.3) is 0 Å². The van der Waals surface area contributed by atoms with E-state index in [0.29, 0.717) is 29.8 Å². The Balaban J connectivity index is 1.11. The summed E-state index contributed by atoms with van der Waals surface area (Å²) >= 11 is 6.57. The van der Waals surface area contributed by atoms with Crippen molar-refractivity contribution in [3.05, 3.63) is 32.0 Å². The van der Waals surface area contributed by atoms with Gasteiger partial charge in [-0.1, -0.05) is 34.9 Å². The largest absolute Gasteiger partial charge is 0.365 e. The van der Waals surface area contributed by atoms with E-state index < -0.39 is 11.8 Å². The van der Waals surface area contributed by atoms with E-state index in [1.807, 2.05) is 0 Å². The summed E-state index contributed by atoms with van der Waals surface area (Å²) in [5.74, 6) is -1.37. The molecule has 2 aliphatic rings. The lowest BCUT2D eigenvalue weighted by Crippen LogP contribution is -2.18. The summed E-state index contributed by atoms with van der Waals surface area (Å²) < 4.78 is 1.18. The van der Waals surface area contributed by atoms with E-state index in [4.69, 9.17) is 11.5 Å². The SMILES string of the molecule is NC(=O)c1c(NC(=O)CSc2nnc(SCC(=O)Nc3sc4c(c3C(N)=O)CCC4)s2)sc2c1CCC2. The van der Waals surface area contributed by atoms with Crippen molar-refractivity contribution >= 4 is 91.2 Å². The van der Waals surface area contributed by atoms with Crippen molar-refractivity contribution < 1.29 is 19.2 Å². The number of aromatic nitrogens is 2. The monoisotopic (exact) mass is 594 g/mol. The minimum absolute atomic E-state index is 0.0967. The Morgan fingerprint density at radius 1 is 0.703 bits per heavy atom. The maximum atomic E-state index is 12.5. The Labute approximate surface area is 232 Å². The number of nitrogens with one attached hydrogen (secondary N) is 2. The summed E-state index contributed by atoms with van der Waals surface area (Å²) in [5, 5.41) is 14.8. The first-order valence-electron chi connectivity index (χ1n) is 11.4. The molecule has 6 N–H and O–H groups in total. The molecule has 0 unspecified atom stereocenters. The highest BCUT2D eigenvalue weighted by Gasteiger charge is 2.27. The van der Waals surface area contributed by atoms with E-state index in [2.05, 4.69) is 20.8 Å². The van der Waals surface area contributed by atoms with Crippen LogP contribution in [0.3, 0.4) is 0 Å². The molecule has 0 fully saturated rings. The van der Waals surface area contributed by atoms with E-state index in [1.165, 1.54) is 57.5 Å². The first kappa shape index (κ1) is 26.2. The summed E-state index contributed by atoms with van der Waals surface area (Å²) in [7, 11) is 0. The van der Waals surface area contributed by atoms with Crippen molar-refractivity contribution in [2.24, 2.45) is 11.5 Å². The van der Waals surface area contributed by atoms with Crippen molar-refractivity contribution in [1.82, 2.24) is 10.2 Å². The van der Waals surface area contributed by atoms with Gasteiger partial charge in [-0.3, -0.25) is 19.2 Å². The molecule has 3 aromatic rings. The lowest BCUT2D eigenvalue weighted by Gasteiger charge is -2.05. The van der Waals surface area contributed by atoms with Crippen LogP contribution in [-0.2, 0) is 35.3 Å². The van der Waals surface area contributed by atoms with Crippen molar-refractivity contribution in [2.45, 2.75) is 47.2 Å². The third kappa shape index (κ3) is 5.70. The molecule has 0 bridgehead atoms. The van der Waals surface area contributed by atoms with Gasteiger partial charge in [0.1, 0.15) is 10.0 Å². The van der Waals surface area contributed by atoms with Gasteiger partial charge >= 0.3 is 0 Å². The van der Waals surface area contributed by atoms with Crippen molar-refractivity contribution in [1.29, 1.82) is 0 Å². The van der Waals surface area contributed by atoms with Gasteiger partial charge in [0.05, 0.1) is 22.6 Å². The van der Waals surface area contributed by atoms with Gasteiger partial charge in [-0.25, -0.2) is 0 Å². The molecule has 10 nitrogen and oxygen atoms in total. The fourth-order valence-electron chi connectivity index (χ4n) is 4.40. The maximum Gasteiger partial charge on any atom is 0.251 e. The third-order valence-corrected chi connectivity index (χ3v) is 11.5. The highest BCUT2D eigenvalue weighted by atomic mass is 32.2. The van der Waals surface area contributed by atoms with Gasteiger partial charge in [-0.05, 0) is 49.7 Å². The van der Waals surface area contributed by atoms with Crippen LogP contribution >= 0.6 is 57.5 Å². The first-order valence-corrected chi connectivity index (χ1v) is 15.8. The summed E-state index contributed by atoms with van der Waals surface area (Å²) in [5.41, 5.74) is 13.9. The summed E-state index contributed by atoms with van der Waals surface area (Å²) in [4.78, 5) is 51.0. The highest BCUT2D eigenvalue weighted by Crippen LogP contribution is 2.40. The first-order chi connectivity index (χ1) is 17.8. The molecule has 3 aromatic heterocycles. The molecule has 0 spiro atoms. The Morgan fingerprint density at radius 2 is 1.14 bits per heavy atom. The Hall–Kier alpha value is -2.46. The molecule has 0 saturated carbocycles. The number of thioether (sulfide) groups is 2. The number of amides is 4. The molecule has 3 heterocycles. The average Bonchev–Trinajstić information content (AvgIpc) is 3.62. The molecule has 37 heavy (non-hydrogen) atoms. The normalized spacial score (nSPS) is 13.8. The van der Waals surface area contributed by atoms with Crippen LogP contribution in [0.4, 0.5) is 10.0 Å². The van der Waals surface area contributed by atoms with Crippen molar-refractivity contribution in [3.8, 4) is 0 Å². The highest BCUT2D eigenvalue weighted by molar-refractivity contribution is 8.03. The zero-order valence-corrected chi connectivity index (χ0v) is 23.5. The predicted molar refractivity (Wildman–Crippen MR) is 148 cm³/mol. The van der Waals surface area contributed by atoms with E-state index in [-0.39, 0.29) is 23.3 Å². The Morgan fingerprint density at radius 3 is 1.54 bits per heavy atom. The van der Waals surface area contributed by atoms with Gasteiger partial charge < -0.3 is 22.1 Å². The van der Waals surface area contributed by atoms with Crippen LogP contribution < -0.4 is 22.1 Å². The number of hydrogen-bond donors (Lipinski definition) is 4. The number of hydrogen-bond acceptors (Lipinski definition) is 11. The summed E-state index contributed by atoms with van der Waals surface area (Å²) in [6, 6.07) is 0. The smallest absolute Gasteiger partial charge is 0.251 e. The minimum Gasteiger partial charge on any atom is -0.365 e. The second kappa shape index (κ2) is 11.1. The zero-order chi connectivity index (χ0) is 26.1. The fraction of sp³-hybridized carbons (Fsp3) is 0.364. The Bertz CT molecular complexity index is 1310. The van der Waals surface area contributed by atoms with Crippen LogP contribution in [0.2, 0.25) is 0 Å². The number of carbonyl (C=O) groups is 4. The lowest BCUT2D eigenvalue weighted by atomic mass is 10.1. The molecule has 0 aliphatic heterocycles. The number of rotatable bonds is 10. The number of aryl methyl sites for hydroxylation is 2.